The topological polar surface area (TPSA) is 158 Å². The molecule has 0 radical (unpaired) electrons. The fourth-order valence-corrected chi connectivity index (χ4v) is 1.63. The summed E-state index contributed by atoms with van der Waals surface area (Å²) in [6.45, 7) is 5.44. The van der Waals surface area contributed by atoms with Crippen LogP contribution in [0.3, 0.4) is 0 Å². The maximum absolute atomic E-state index is 10.7. The van der Waals surface area contributed by atoms with Gasteiger partial charge in [0.2, 0.25) is 0 Å². The van der Waals surface area contributed by atoms with Crippen LogP contribution < -0.4 is 0 Å². The van der Waals surface area contributed by atoms with Crippen molar-refractivity contribution in [1.82, 2.24) is 0 Å². The maximum atomic E-state index is 10.7. The van der Waals surface area contributed by atoms with Gasteiger partial charge in [-0.05, 0) is 27.7 Å². The number of hydrogen-bond acceptors (Lipinski definition) is 12. The Hall–Kier alpha value is -3.18. The smallest absolute Gasteiger partial charge is 0.347 e. The number of ether oxygens (including phenoxy) is 6. The number of cyclic esters (lactones) is 6. The van der Waals surface area contributed by atoms with Crippen LogP contribution in [0, 0.1) is 0 Å². The minimum atomic E-state index is -0.747. The predicted molar refractivity (Wildman–Crippen MR) is 84.1 cm³/mol. The Bertz CT molecular complexity index is 546. The van der Waals surface area contributed by atoms with Crippen molar-refractivity contribution in [2.45, 2.75) is 52.1 Å². The van der Waals surface area contributed by atoms with Crippen molar-refractivity contribution in [1.29, 1.82) is 0 Å². The Morgan fingerprint density at radius 1 is 0.500 bits per heavy atom. The molecule has 0 aromatic rings. The molecule has 156 valence electrons. The molecule has 12 nitrogen and oxygen atoms in total. The van der Waals surface area contributed by atoms with Gasteiger partial charge < -0.3 is 28.4 Å². The van der Waals surface area contributed by atoms with E-state index >= 15 is 0 Å². The Labute approximate surface area is 159 Å². The summed E-state index contributed by atoms with van der Waals surface area (Å²) < 4.78 is 26.9. The fourth-order valence-electron chi connectivity index (χ4n) is 1.63. The number of rotatable bonds is 0. The van der Waals surface area contributed by atoms with E-state index in [9.17, 15) is 28.8 Å². The first-order valence-corrected chi connectivity index (χ1v) is 8.14. The highest BCUT2D eigenvalue weighted by atomic mass is 16.7. The van der Waals surface area contributed by atoms with E-state index in [1.165, 1.54) is 27.7 Å². The van der Waals surface area contributed by atoms with E-state index in [2.05, 4.69) is 28.4 Å². The molecule has 3 rings (SSSR count). The molecule has 12 heteroatoms. The van der Waals surface area contributed by atoms with Gasteiger partial charge >= 0.3 is 35.8 Å². The molecule has 4 unspecified atom stereocenters. The number of esters is 6. The van der Waals surface area contributed by atoms with Gasteiger partial charge in [0.15, 0.2) is 37.6 Å². The van der Waals surface area contributed by atoms with Crippen LogP contribution >= 0.6 is 0 Å². The normalized spacial score (nSPS) is 29.1. The SMILES string of the molecule is CC1OC(=O)C(C)OC1=O.CC1OC(=O)C(C)OC1=O.O=C1COC(=O)CO1. The molecule has 3 saturated heterocycles. The summed E-state index contributed by atoms with van der Waals surface area (Å²) in [5.41, 5.74) is 0. The van der Waals surface area contributed by atoms with Crippen LogP contribution in [0.2, 0.25) is 0 Å². The molecule has 3 fully saturated rings. The highest BCUT2D eigenvalue weighted by Gasteiger charge is 2.32. The Morgan fingerprint density at radius 3 is 0.893 bits per heavy atom. The minimum Gasteiger partial charge on any atom is -0.451 e. The van der Waals surface area contributed by atoms with Crippen LogP contribution in [0.4, 0.5) is 0 Å². The second kappa shape index (κ2) is 10.2. The molecule has 3 aliphatic rings. The molecule has 0 spiro atoms. The standard InChI is InChI=1S/2C6H8O4.C4H4O4/c2*1-3-5(7)10-4(2)6(8)9-3;5-3-1-7-4(6)2-8-3/h2*3-4H,1-2H3;1-2H2. The molecule has 0 aromatic heterocycles. The molecule has 0 N–H and O–H groups in total. The third-order valence-corrected chi connectivity index (χ3v) is 3.20. The highest BCUT2D eigenvalue weighted by Crippen LogP contribution is 2.09. The van der Waals surface area contributed by atoms with Gasteiger partial charge in [-0.2, -0.15) is 0 Å². The molecule has 4 atom stereocenters. The molecule has 0 amide bonds. The van der Waals surface area contributed by atoms with Crippen molar-refractivity contribution in [2.24, 2.45) is 0 Å². The van der Waals surface area contributed by atoms with Gasteiger partial charge in [-0.1, -0.05) is 0 Å². The second-order valence-electron chi connectivity index (χ2n) is 5.64. The van der Waals surface area contributed by atoms with E-state index in [1.807, 2.05) is 0 Å². The highest BCUT2D eigenvalue weighted by molar-refractivity contribution is 5.87. The minimum absolute atomic E-state index is 0.237. The van der Waals surface area contributed by atoms with Gasteiger partial charge in [-0.3, -0.25) is 0 Å². The van der Waals surface area contributed by atoms with Crippen molar-refractivity contribution >= 4 is 35.8 Å². The quantitative estimate of drug-likeness (QED) is 0.352. The summed E-state index contributed by atoms with van der Waals surface area (Å²) in [7, 11) is 0. The van der Waals surface area contributed by atoms with Crippen molar-refractivity contribution in [2.75, 3.05) is 13.2 Å². The molecule has 3 aliphatic heterocycles. The zero-order valence-electron chi connectivity index (χ0n) is 15.6. The Balaban J connectivity index is 0.000000212. The summed E-state index contributed by atoms with van der Waals surface area (Å²) in [6, 6.07) is 0. The lowest BCUT2D eigenvalue weighted by Gasteiger charge is -2.22. The molecule has 0 bridgehead atoms. The van der Waals surface area contributed by atoms with E-state index in [4.69, 9.17) is 0 Å². The zero-order valence-corrected chi connectivity index (χ0v) is 15.6. The lowest BCUT2D eigenvalue weighted by molar-refractivity contribution is -0.191. The van der Waals surface area contributed by atoms with Crippen LogP contribution in [0.25, 0.3) is 0 Å². The van der Waals surface area contributed by atoms with Crippen molar-refractivity contribution in [3.63, 3.8) is 0 Å². The first-order valence-electron chi connectivity index (χ1n) is 8.14. The Morgan fingerprint density at radius 2 is 0.714 bits per heavy atom. The lowest BCUT2D eigenvalue weighted by atomic mass is 10.3. The largest absolute Gasteiger partial charge is 0.451 e. The number of carbonyl (C=O) groups excluding carboxylic acids is 6. The van der Waals surface area contributed by atoms with Gasteiger partial charge in [0.1, 0.15) is 0 Å². The van der Waals surface area contributed by atoms with Gasteiger partial charge in [-0.15, -0.1) is 0 Å². The molecule has 0 aliphatic carbocycles. The summed E-state index contributed by atoms with van der Waals surface area (Å²) in [4.78, 5) is 62.8. The molecule has 3 heterocycles. The first kappa shape index (κ1) is 22.9. The molecule has 0 saturated carbocycles. The van der Waals surface area contributed by atoms with E-state index in [-0.39, 0.29) is 13.2 Å². The van der Waals surface area contributed by atoms with Crippen LogP contribution in [-0.2, 0) is 57.2 Å². The Kier molecular flexibility index (Phi) is 8.35. The molecule has 28 heavy (non-hydrogen) atoms. The van der Waals surface area contributed by atoms with Crippen LogP contribution in [0.15, 0.2) is 0 Å². The maximum Gasteiger partial charge on any atom is 0.347 e. The molecular formula is C16H20O12. The number of hydrogen-bond donors (Lipinski definition) is 0. The third kappa shape index (κ3) is 7.21. The predicted octanol–water partition coefficient (Wildman–Crippen LogP) is -1.19. The second-order valence-corrected chi connectivity index (χ2v) is 5.64. The molecular weight excluding hydrogens is 384 g/mol. The van der Waals surface area contributed by atoms with Crippen LogP contribution in [0.1, 0.15) is 27.7 Å². The van der Waals surface area contributed by atoms with E-state index in [0.29, 0.717) is 0 Å². The average Bonchev–Trinajstić information content (AvgIpc) is 2.62. The van der Waals surface area contributed by atoms with Gasteiger partial charge in [0.25, 0.3) is 0 Å². The van der Waals surface area contributed by atoms with E-state index in [1.54, 1.807) is 0 Å². The first-order chi connectivity index (χ1) is 13.0. The average molecular weight is 404 g/mol. The fraction of sp³-hybridized carbons (Fsp3) is 0.625. The lowest BCUT2D eigenvalue weighted by Crippen LogP contribution is -2.40. The van der Waals surface area contributed by atoms with Gasteiger partial charge in [0, 0.05) is 0 Å². The summed E-state index contributed by atoms with van der Waals surface area (Å²) in [5, 5.41) is 0. The zero-order chi connectivity index (χ0) is 21.4. The summed E-state index contributed by atoms with van der Waals surface area (Å²) in [5.74, 6) is -2.88. The van der Waals surface area contributed by atoms with E-state index < -0.39 is 60.2 Å². The summed E-state index contributed by atoms with van der Waals surface area (Å²) in [6.07, 6.45) is -2.99. The third-order valence-electron chi connectivity index (χ3n) is 3.20. The van der Waals surface area contributed by atoms with E-state index in [0.717, 1.165) is 0 Å². The monoisotopic (exact) mass is 404 g/mol. The number of carbonyl (C=O) groups is 6. The van der Waals surface area contributed by atoms with Crippen molar-refractivity contribution in [3.8, 4) is 0 Å². The summed E-state index contributed by atoms with van der Waals surface area (Å²) >= 11 is 0. The van der Waals surface area contributed by atoms with Gasteiger partial charge in [0.05, 0.1) is 0 Å². The van der Waals surface area contributed by atoms with Crippen LogP contribution in [0.5, 0.6) is 0 Å². The van der Waals surface area contributed by atoms with Crippen molar-refractivity contribution in [3.05, 3.63) is 0 Å². The van der Waals surface area contributed by atoms with Crippen LogP contribution in [-0.4, -0.2) is 73.4 Å². The molecule has 0 aromatic carbocycles. The van der Waals surface area contributed by atoms with Gasteiger partial charge in [-0.25, -0.2) is 28.8 Å². The van der Waals surface area contributed by atoms with Crippen molar-refractivity contribution < 1.29 is 57.2 Å².